The summed E-state index contributed by atoms with van der Waals surface area (Å²) in [5.41, 5.74) is 8.25. The van der Waals surface area contributed by atoms with E-state index in [2.05, 4.69) is 15.0 Å². The molecular formula is C17H13N5O. The average molecular weight is 303 g/mol. The summed E-state index contributed by atoms with van der Waals surface area (Å²) in [6.07, 6.45) is 3.24. The fraction of sp³-hybridized carbons (Fsp3) is 0.0588. The minimum Gasteiger partial charge on any atom is -0.383 e. The van der Waals surface area contributed by atoms with Gasteiger partial charge in [-0.25, -0.2) is 15.0 Å². The van der Waals surface area contributed by atoms with Gasteiger partial charge in [-0.15, -0.1) is 0 Å². The van der Waals surface area contributed by atoms with Crippen LogP contribution in [-0.2, 0) is 6.54 Å². The number of benzene rings is 1. The van der Waals surface area contributed by atoms with Crippen molar-refractivity contribution in [3.63, 3.8) is 0 Å². The molecule has 0 fully saturated rings. The molecule has 1 amide bonds. The van der Waals surface area contributed by atoms with Crippen LogP contribution in [0, 0.1) is 0 Å². The van der Waals surface area contributed by atoms with E-state index in [0.717, 1.165) is 5.56 Å². The van der Waals surface area contributed by atoms with Crippen LogP contribution >= 0.6 is 0 Å². The number of hydrogen-bond donors (Lipinski definition) is 1. The Morgan fingerprint density at radius 3 is 2.61 bits per heavy atom. The maximum Gasteiger partial charge on any atom is 0.260 e. The summed E-state index contributed by atoms with van der Waals surface area (Å²) < 4.78 is 0. The van der Waals surface area contributed by atoms with Crippen molar-refractivity contribution in [2.75, 3.05) is 10.6 Å². The van der Waals surface area contributed by atoms with Crippen molar-refractivity contribution in [3.05, 3.63) is 66.0 Å². The number of nitrogen functional groups attached to an aromatic ring is 1. The largest absolute Gasteiger partial charge is 0.383 e. The van der Waals surface area contributed by atoms with Crippen molar-refractivity contribution < 1.29 is 4.79 Å². The van der Waals surface area contributed by atoms with Crippen LogP contribution in [0.2, 0.25) is 0 Å². The Kier molecular flexibility index (Phi) is 3.01. The third-order valence-corrected chi connectivity index (χ3v) is 3.82. The van der Waals surface area contributed by atoms with E-state index >= 15 is 0 Å². The van der Waals surface area contributed by atoms with E-state index in [4.69, 9.17) is 5.73 Å². The van der Waals surface area contributed by atoms with E-state index in [0.29, 0.717) is 35.1 Å². The Bertz CT molecular complexity index is 909. The lowest BCUT2D eigenvalue weighted by molar-refractivity contribution is 0.0996. The maximum absolute atomic E-state index is 12.5. The van der Waals surface area contributed by atoms with Gasteiger partial charge in [-0.2, -0.15) is 0 Å². The zero-order valence-corrected chi connectivity index (χ0v) is 12.2. The van der Waals surface area contributed by atoms with E-state index in [1.54, 1.807) is 29.4 Å². The Hall–Kier alpha value is -3.28. The minimum atomic E-state index is -0.0515. The van der Waals surface area contributed by atoms with Gasteiger partial charge in [0.2, 0.25) is 0 Å². The van der Waals surface area contributed by atoms with Crippen LogP contribution in [0.15, 0.2) is 54.9 Å². The molecule has 23 heavy (non-hydrogen) atoms. The first-order valence-electron chi connectivity index (χ1n) is 7.18. The second kappa shape index (κ2) is 5.17. The lowest BCUT2D eigenvalue weighted by atomic mass is 10.1. The zero-order chi connectivity index (χ0) is 15.8. The number of fused-ring (bicyclic) bond motifs is 1. The number of nitrogens with zero attached hydrogens (tertiary/aromatic N) is 4. The molecule has 112 valence electrons. The van der Waals surface area contributed by atoms with Crippen LogP contribution in [0.25, 0.3) is 11.4 Å². The van der Waals surface area contributed by atoms with Crippen molar-refractivity contribution in [1.82, 2.24) is 15.0 Å². The van der Waals surface area contributed by atoms with Crippen LogP contribution in [-0.4, -0.2) is 20.9 Å². The molecule has 2 N–H and O–H groups in total. The first-order chi connectivity index (χ1) is 11.2. The first kappa shape index (κ1) is 13.4. The van der Waals surface area contributed by atoms with Gasteiger partial charge in [0.1, 0.15) is 11.6 Å². The van der Waals surface area contributed by atoms with Crippen molar-refractivity contribution in [1.29, 1.82) is 0 Å². The highest BCUT2D eigenvalue weighted by atomic mass is 16.2. The van der Waals surface area contributed by atoms with Gasteiger partial charge < -0.3 is 5.73 Å². The first-order valence-corrected chi connectivity index (χ1v) is 7.18. The molecule has 3 aromatic rings. The number of pyridine rings is 1. The normalized spacial score (nSPS) is 13.2. The highest BCUT2D eigenvalue weighted by Crippen LogP contribution is 2.28. The SMILES string of the molecule is Nc1ncccc1-c1nccc(N2Cc3ccccc3C2=O)n1. The molecule has 0 aliphatic carbocycles. The van der Waals surface area contributed by atoms with Crippen LogP contribution in [0.4, 0.5) is 11.6 Å². The molecule has 0 saturated carbocycles. The summed E-state index contributed by atoms with van der Waals surface area (Å²) in [5, 5.41) is 0. The Morgan fingerprint density at radius 2 is 1.78 bits per heavy atom. The van der Waals surface area contributed by atoms with Crippen LogP contribution in [0.3, 0.4) is 0 Å². The van der Waals surface area contributed by atoms with Crippen molar-refractivity contribution >= 4 is 17.5 Å². The number of aromatic nitrogens is 3. The molecule has 4 rings (SSSR count). The molecule has 0 radical (unpaired) electrons. The van der Waals surface area contributed by atoms with Crippen molar-refractivity contribution in [2.45, 2.75) is 6.54 Å². The standard InChI is InChI=1S/C17H13N5O/c18-15-13(6-3-8-19-15)16-20-9-7-14(21-16)22-10-11-4-1-2-5-12(11)17(22)23/h1-9H,10H2,(H2,18,19). The predicted molar refractivity (Wildman–Crippen MR) is 86.6 cm³/mol. The Balaban J connectivity index is 1.74. The number of carbonyl (C=O) groups excluding carboxylic acids is 1. The second-order valence-electron chi connectivity index (χ2n) is 5.22. The van der Waals surface area contributed by atoms with E-state index in [9.17, 15) is 4.79 Å². The molecule has 0 spiro atoms. The minimum absolute atomic E-state index is 0.0515. The predicted octanol–water partition coefficient (Wildman–Crippen LogP) is 2.28. The number of anilines is 2. The smallest absolute Gasteiger partial charge is 0.260 e. The third kappa shape index (κ3) is 2.20. The zero-order valence-electron chi connectivity index (χ0n) is 12.2. The van der Waals surface area contributed by atoms with Gasteiger partial charge in [0.05, 0.1) is 12.1 Å². The van der Waals surface area contributed by atoms with Gasteiger partial charge in [0.15, 0.2) is 5.82 Å². The highest BCUT2D eigenvalue weighted by Gasteiger charge is 2.29. The molecule has 0 saturated heterocycles. The van der Waals surface area contributed by atoms with E-state index in [1.165, 1.54) is 0 Å². The fourth-order valence-electron chi connectivity index (χ4n) is 2.68. The summed E-state index contributed by atoms with van der Waals surface area (Å²) >= 11 is 0. The fourth-order valence-corrected chi connectivity index (χ4v) is 2.68. The Morgan fingerprint density at radius 1 is 0.957 bits per heavy atom. The molecule has 0 bridgehead atoms. The van der Waals surface area contributed by atoms with Gasteiger partial charge in [-0.1, -0.05) is 18.2 Å². The van der Waals surface area contributed by atoms with Gasteiger partial charge in [-0.3, -0.25) is 9.69 Å². The molecule has 6 heteroatoms. The summed E-state index contributed by atoms with van der Waals surface area (Å²) in [6.45, 7) is 0.508. The van der Waals surface area contributed by atoms with E-state index in [-0.39, 0.29) is 5.91 Å². The average Bonchev–Trinajstić information content (AvgIpc) is 2.93. The topological polar surface area (TPSA) is 85.0 Å². The number of rotatable bonds is 2. The molecular weight excluding hydrogens is 290 g/mol. The number of amides is 1. The molecule has 1 aromatic carbocycles. The summed E-state index contributed by atoms with van der Waals surface area (Å²) in [5.74, 6) is 1.32. The molecule has 1 aliphatic rings. The monoisotopic (exact) mass is 303 g/mol. The van der Waals surface area contributed by atoms with Gasteiger partial charge in [-0.05, 0) is 29.8 Å². The van der Waals surface area contributed by atoms with Crippen LogP contribution in [0.1, 0.15) is 15.9 Å². The summed E-state index contributed by atoms with van der Waals surface area (Å²) in [6, 6.07) is 12.9. The maximum atomic E-state index is 12.5. The summed E-state index contributed by atoms with van der Waals surface area (Å²) in [4.78, 5) is 27.0. The number of nitrogens with two attached hydrogens (primary N) is 1. The van der Waals surface area contributed by atoms with E-state index < -0.39 is 0 Å². The number of hydrogen-bond acceptors (Lipinski definition) is 5. The Labute approximate surface area is 132 Å². The third-order valence-electron chi connectivity index (χ3n) is 3.82. The van der Waals surface area contributed by atoms with Gasteiger partial charge in [0.25, 0.3) is 5.91 Å². The van der Waals surface area contributed by atoms with Gasteiger partial charge >= 0.3 is 0 Å². The van der Waals surface area contributed by atoms with Crippen LogP contribution < -0.4 is 10.6 Å². The van der Waals surface area contributed by atoms with Crippen LogP contribution in [0.5, 0.6) is 0 Å². The molecule has 2 aromatic heterocycles. The lowest BCUT2D eigenvalue weighted by Crippen LogP contribution is -2.24. The van der Waals surface area contributed by atoms with E-state index in [1.807, 2.05) is 30.3 Å². The van der Waals surface area contributed by atoms with Gasteiger partial charge in [0, 0.05) is 18.0 Å². The molecule has 0 unspecified atom stereocenters. The number of carbonyl (C=O) groups is 1. The summed E-state index contributed by atoms with van der Waals surface area (Å²) in [7, 11) is 0. The van der Waals surface area contributed by atoms with Crippen molar-refractivity contribution in [2.24, 2.45) is 0 Å². The molecule has 6 nitrogen and oxygen atoms in total. The quantitative estimate of drug-likeness (QED) is 0.785. The molecule has 0 atom stereocenters. The second-order valence-corrected chi connectivity index (χ2v) is 5.22. The molecule has 3 heterocycles. The molecule has 1 aliphatic heterocycles. The lowest BCUT2D eigenvalue weighted by Gasteiger charge is -2.15. The highest BCUT2D eigenvalue weighted by molar-refractivity contribution is 6.09. The van der Waals surface area contributed by atoms with Crippen molar-refractivity contribution in [3.8, 4) is 11.4 Å².